The predicted molar refractivity (Wildman–Crippen MR) is 85.5 cm³/mol. The summed E-state index contributed by atoms with van der Waals surface area (Å²) in [6.07, 6.45) is 11.5. The van der Waals surface area contributed by atoms with Crippen LogP contribution in [0, 0.1) is 5.92 Å². The molecule has 2 fully saturated rings. The number of rotatable bonds is 6. The molecule has 1 N–H and O–H groups in total. The number of aromatic nitrogens is 1. The third-order valence-electron chi connectivity index (χ3n) is 4.53. The molecule has 0 saturated heterocycles. The van der Waals surface area contributed by atoms with E-state index in [9.17, 15) is 4.79 Å². The molecule has 5 heteroatoms. The number of carbonyl (C=O) groups is 1. The summed E-state index contributed by atoms with van der Waals surface area (Å²) in [7, 11) is 0. The molecule has 0 radical (unpaired) electrons. The van der Waals surface area contributed by atoms with Crippen LogP contribution in [-0.4, -0.2) is 35.0 Å². The van der Waals surface area contributed by atoms with Gasteiger partial charge in [0.25, 0.3) is 0 Å². The van der Waals surface area contributed by atoms with E-state index in [-0.39, 0.29) is 6.03 Å². The molecule has 0 bridgehead atoms. The molecule has 0 aliphatic heterocycles. The van der Waals surface area contributed by atoms with Gasteiger partial charge in [0.2, 0.25) is 0 Å². The summed E-state index contributed by atoms with van der Waals surface area (Å²) in [5.74, 6) is 0.761. The van der Waals surface area contributed by atoms with Gasteiger partial charge >= 0.3 is 6.03 Å². The third kappa shape index (κ3) is 4.43. The van der Waals surface area contributed by atoms with Gasteiger partial charge in [-0.2, -0.15) is 0 Å². The Kier molecular flexibility index (Phi) is 5.12. The van der Waals surface area contributed by atoms with E-state index in [0.29, 0.717) is 12.6 Å². The standard InChI is InChI=1S/C16H25N3OS/c20-16(18-9-8-15-17-10-11-21-15)19(12-13-6-7-13)14-4-2-1-3-5-14/h10-11,13-14H,1-9,12H2,(H,18,20). The molecule has 0 atom stereocenters. The molecule has 2 aliphatic carbocycles. The third-order valence-corrected chi connectivity index (χ3v) is 5.37. The molecular weight excluding hydrogens is 282 g/mol. The highest BCUT2D eigenvalue weighted by Crippen LogP contribution is 2.32. The van der Waals surface area contributed by atoms with Crippen LogP contribution in [0.2, 0.25) is 0 Å². The lowest BCUT2D eigenvalue weighted by Crippen LogP contribution is -2.48. The minimum atomic E-state index is 0.144. The Morgan fingerprint density at radius 3 is 2.76 bits per heavy atom. The quantitative estimate of drug-likeness (QED) is 0.875. The Balaban J connectivity index is 1.49. The van der Waals surface area contributed by atoms with Gasteiger partial charge in [-0.3, -0.25) is 0 Å². The van der Waals surface area contributed by atoms with Crippen molar-refractivity contribution in [2.45, 2.75) is 57.4 Å². The molecule has 3 rings (SSSR count). The maximum Gasteiger partial charge on any atom is 0.317 e. The number of urea groups is 1. The number of amides is 2. The van der Waals surface area contributed by atoms with Crippen LogP contribution in [-0.2, 0) is 6.42 Å². The highest BCUT2D eigenvalue weighted by atomic mass is 32.1. The van der Waals surface area contributed by atoms with Crippen molar-refractivity contribution >= 4 is 17.4 Å². The Bertz CT molecular complexity index is 438. The van der Waals surface area contributed by atoms with Gasteiger partial charge in [-0.1, -0.05) is 19.3 Å². The number of nitrogens with one attached hydrogen (secondary N) is 1. The van der Waals surface area contributed by atoms with Gasteiger partial charge in [0, 0.05) is 37.1 Å². The van der Waals surface area contributed by atoms with Gasteiger partial charge in [0.05, 0.1) is 5.01 Å². The number of hydrogen-bond acceptors (Lipinski definition) is 3. The summed E-state index contributed by atoms with van der Waals surface area (Å²) < 4.78 is 0. The summed E-state index contributed by atoms with van der Waals surface area (Å²) in [4.78, 5) is 18.9. The van der Waals surface area contributed by atoms with Crippen molar-refractivity contribution in [2.24, 2.45) is 5.92 Å². The number of nitrogens with zero attached hydrogens (tertiary/aromatic N) is 2. The lowest BCUT2D eigenvalue weighted by molar-refractivity contribution is 0.152. The SMILES string of the molecule is O=C(NCCc1nccs1)N(CC1CC1)C1CCCCC1. The Morgan fingerprint density at radius 2 is 2.10 bits per heavy atom. The van der Waals surface area contributed by atoms with Crippen LogP contribution in [0.15, 0.2) is 11.6 Å². The van der Waals surface area contributed by atoms with Gasteiger partial charge in [0.15, 0.2) is 0 Å². The zero-order valence-corrected chi connectivity index (χ0v) is 13.4. The van der Waals surface area contributed by atoms with Crippen molar-refractivity contribution in [2.75, 3.05) is 13.1 Å². The van der Waals surface area contributed by atoms with Gasteiger partial charge in [-0.05, 0) is 31.6 Å². The van der Waals surface area contributed by atoms with Crippen LogP contribution in [0.1, 0.15) is 50.0 Å². The van der Waals surface area contributed by atoms with E-state index in [1.54, 1.807) is 11.3 Å². The Morgan fingerprint density at radius 1 is 1.29 bits per heavy atom. The van der Waals surface area contributed by atoms with Crippen LogP contribution in [0.25, 0.3) is 0 Å². The summed E-state index contributed by atoms with van der Waals surface area (Å²) in [5, 5.41) is 6.19. The first-order valence-electron chi connectivity index (χ1n) is 8.26. The highest BCUT2D eigenvalue weighted by molar-refractivity contribution is 7.09. The fraction of sp³-hybridized carbons (Fsp3) is 0.750. The molecule has 1 aromatic heterocycles. The van der Waals surface area contributed by atoms with Crippen LogP contribution < -0.4 is 5.32 Å². The second-order valence-electron chi connectivity index (χ2n) is 6.30. The van der Waals surface area contributed by atoms with E-state index in [4.69, 9.17) is 0 Å². The fourth-order valence-corrected chi connectivity index (χ4v) is 3.74. The molecular formula is C16H25N3OS. The first-order chi connectivity index (χ1) is 10.3. The maximum atomic E-state index is 12.5. The molecule has 2 amide bonds. The fourth-order valence-electron chi connectivity index (χ4n) is 3.12. The summed E-state index contributed by atoms with van der Waals surface area (Å²) in [6.45, 7) is 1.66. The Hall–Kier alpha value is -1.10. The van der Waals surface area contributed by atoms with Crippen molar-refractivity contribution in [3.8, 4) is 0 Å². The molecule has 0 unspecified atom stereocenters. The first-order valence-corrected chi connectivity index (χ1v) is 9.14. The van der Waals surface area contributed by atoms with Crippen molar-refractivity contribution in [1.82, 2.24) is 15.2 Å². The lowest BCUT2D eigenvalue weighted by Gasteiger charge is -2.34. The van der Waals surface area contributed by atoms with Crippen LogP contribution in [0.4, 0.5) is 4.79 Å². The van der Waals surface area contributed by atoms with Crippen LogP contribution >= 0.6 is 11.3 Å². The van der Waals surface area contributed by atoms with E-state index < -0.39 is 0 Å². The zero-order chi connectivity index (χ0) is 14.5. The largest absolute Gasteiger partial charge is 0.338 e. The summed E-state index contributed by atoms with van der Waals surface area (Å²) >= 11 is 1.66. The number of hydrogen-bond donors (Lipinski definition) is 1. The number of carbonyl (C=O) groups excluding carboxylic acids is 1. The van der Waals surface area contributed by atoms with E-state index in [2.05, 4.69) is 15.2 Å². The average molecular weight is 307 g/mol. The smallest absolute Gasteiger partial charge is 0.317 e. The molecule has 1 heterocycles. The highest BCUT2D eigenvalue weighted by Gasteiger charge is 2.31. The maximum absolute atomic E-state index is 12.5. The van der Waals surface area contributed by atoms with E-state index in [1.807, 2.05) is 11.6 Å². The van der Waals surface area contributed by atoms with Crippen LogP contribution in [0.5, 0.6) is 0 Å². The molecule has 21 heavy (non-hydrogen) atoms. The van der Waals surface area contributed by atoms with E-state index in [0.717, 1.165) is 23.9 Å². The second-order valence-corrected chi connectivity index (χ2v) is 7.27. The normalized spacial score (nSPS) is 19.4. The molecule has 116 valence electrons. The minimum Gasteiger partial charge on any atom is -0.338 e. The number of thiazole rings is 1. The summed E-state index contributed by atoms with van der Waals surface area (Å²) in [6, 6.07) is 0.615. The van der Waals surface area contributed by atoms with Gasteiger partial charge in [-0.15, -0.1) is 11.3 Å². The van der Waals surface area contributed by atoms with E-state index in [1.165, 1.54) is 44.9 Å². The molecule has 2 aliphatic rings. The topological polar surface area (TPSA) is 45.2 Å². The molecule has 0 spiro atoms. The molecule has 4 nitrogen and oxygen atoms in total. The molecule has 0 aromatic carbocycles. The van der Waals surface area contributed by atoms with Crippen molar-refractivity contribution in [3.63, 3.8) is 0 Å². The summed E-state index contributed by atoms with van der Waals surface area (Å²) in [5.41, 5.74) is 0. The average Bonchev–Trinajstić information content (AvgIpc) is 3.19. The predicted octanol–water partition coefficient (Wildman–Crippen LogP) is 3.44. The van der Waals surface area contributed by atoms with Gasteiger partial charge < -0.3 is 10.2 Å². The zero-order valence-electron chi connectivity index (χ0n) is 12.6. The van der Waals surface area contributed by atoms with E-state index >= 15 is 0 Å². The van der Waals surface area contributed by atoms with Gasteiger partial charge in [-0.25, -0.2) is 9.78 Å². The van der Waals surface area contributed by atoms with Crippen molar-refractivity contribution in [1.29, 1.82) is 0 Å². The minimum absolute atomic E-state index is 0.144. The Labute approximate surface area is 130 Å². The lowest BCUT2D eigenvalue weighted by atomic mass is 9.94. The first kappa shape index (κ1) is 14.8. The van der Waals surface area contributed by atoms with Crippen molar-refractivity contribution in [3.05, 3.63) is 16.6 Å². The van der Waals surface area contributed by atoms with Crippen LogP contribution in [0.3, 0.4) is 0 Å². The monoisotopic (exact) mass is 307 g/mol. The van der Waals surface area contributed by atoms with Gasteiger partial charge in [0.1, 0.15) is 0 Å². The molecule has 2 saturated carbocycles. The molecule has 1 aromatic rings. The second kappa shape index (κ2) is 7.25. The van der Waals surface area contributed by atoms with Crippen molar-refractivity contribution < 1.29 is 4.79 Å².